The molecular formula is C16H27B. The first kappa shape index (κ1) is 10.9. The molecule has 9 unspecified atom stereocenters. The van der Waals surface area contributed by atoms with E-state index in [-0.39, 0.29) is 0 Å². The van der Waals surface area contributed by atoms with Gasteiger partial charge in [0.25, 0.3) is 0 Å². The summed E-state index contributed by atoms with van der Waals surface area (Å²) in [6.45, 7) is 5.15. The largest absolute Gasteiger partial charge is 0.106 e. The minimum atomic E-state index is 1.04. The standard InChI is InChI=1S/C16H27B/c1-8-4-11-7-13-12(8)5-10-3-9(2)15(16(11)17)14(13)6-10/h8-16H,3-7,17H2,1-2H3. The van der Waals surface area contributed by atoms with Crippen molar-refractivity contribution in [2.45, 2.75) is 51.8 Å². The van der Waals surface area contributed by atoms with Gasteiger partial charge in [-0.3, -0.25) is 0 Å². The minimum Gasteiger partial charge on any atom is -0.0636 e. The van der Waals surface area contributed by atoms with Crippen molar-refractivity contribution >= 4 is 7.85 Å². The molecule has 0 radical (unpaired) electrons. The van der Waals surface area contributed by atoms with Crippen LogP contribution in [0.5, 0.6) is 0 Å². The Labute approximate surface area is 107 Å². The second kappa shape index (κ2) is 3.55. The molecule has 0 N–H and O–H groups in total. The first-order valence-electron chi connectivity index (χ1n) is 8.15. The Hall–Kier alpha value is 0.0649. The van der Waals surface area contributed by atoms with Crippen molar-refractivity contribution < 1.29 is 0 Å². The van der Waals surface area contributed by atoms with Crippen molar-refractivity contribution in [3.05, 3.63) is 0 Å². The lowest BCUT2D eigenvalue weighted by atomic mass is 9.40. The van der Waals surface area contributed by atoms with E-state index in [9.17, 15) is 0 Å². The third kappa shape index (κ3) is 1.38. The first-order chi connectivity index (χ1) is 8.15. The summed E-state index contributed by atoms with van der Waals surface area (Å²) in [7, 11) is 2.60. The van der Waals surface area contributed by atoms with Gasteiger partial charge in [-0.05, 0) is 79.4 Å². The topological polar surface area (TPSA) is 0 Å². The van der Waals surface area contributed by atoms with Gasteiger partial charge in [0.2, 0.25) is 0 Å². The van der Waals surface area contributed by atoms with E-state index in [1.165, 1.54) is 0 Å². The summed E-state index contributed by atoms with van der Waals surface area (Å²) in [5.41, 5.74) is 0. The molecule has 4 aliphatic carbocycles. The van der Waals surface area contributed by atoms with Gasteiger partial charge < -0.3 is 0 Å². The third-order valence-corrected chi connectivity index (χ3v) is 7.50. The summed E-state index contributed by atoms with van der Waals surface area (Å²) >= 11 is 0. The highest BCUT2D eigenvalue weighted by molar-refractivity contribution is 6.12. The van der Waals surface area contributed by atoms with Gasteiger partial charge in [-0.25, -0.2) is 0 Å². The Kier molecular flexibility index (Phi) is 2.28. The molecular weight excluding hydrogens is 203 g/mol. The molecule has 0 heterocycles. The molecule has 0 amide bonds. The minimum absolute atomic E-state index is 1.04. The Balaban J connectivity index is 1.76. The van der Waals surface area contributed by atoms with E-state index in [1.54, 1.807) is 32.1 Å². The highest BCUT2D eigenvalue weighted by Gasteiger charge is 2.56. The second-order valence-electron chi connectivity index (χ2n) is 8.19. The molecule has 4 saturated carbocycles. The lowest BCUT2D eigenvalue weighted by Crippen LogP contribution is -2.54. The van der Waals surface area contributed by atoms with Gasteiger partial charge in [-0.1, -0.05) is 19.7 Å². The molecule has 0 saturated heterocycles. The normalized spacial score (nSPS) is 64.7. The van der Waals surface area contributed by atoms with Crippen LogP contribution >= 0.6 is 0 Å². The molecule has 4 aliphatic rings. The van der Waals surface area contributed by atoms with Crippen molar-refractivity contribution in [2.75, 3.05) is 0 Å². The van der Waals surface area contributed by atoms with Gasteiger partial charge >= 0.3 is 0 Å². The van der Waals surface area contributed by atoms with Crippen molar-refractivity contribution in [3.63, 3.8) is 0 Å². The highest BCUT2D eigenvalue weighted by atomic mass is 14.6. The zero-order valence-corrected chi connectivity index (χ0v) is 11.7. The maximum Gasteiger partial charge on any atom is 0.106 e. The summed E-state index contributed by atoms with van der Waals surface area (Å²) < 4.78 is 0. The monoisotopic (exact) mass is 230 g/mol. The summed E-state index contributed by atoms with van der Waals surface area (Å²) in [6.07, 6.45) is 7.94. The Morgan fingerprint density at radius 3 is 2.35 bits per heavy atom. The van der Waals surface area contributed by atoms with Crippen LogP contribution in [0.15, 0.2) is 0 Å². The molecule has 0 aromatic carbocycles. The molecule has 0 aliphatic heterocycles. The summed E-state index contributed by atoms with van der Waals surface area (Å²) in [4.78, 5) is 0. The van der Waals surface area contributed by atoms with Gasteiger partial charge in [0, 0.05) is 0 Å². The fourth-order valence-corrected chi connectivity index (χ4v) is 7.03. The van der Waals surface area contributed by atoms with Crippen LogP contribution in [0.3, 0.4) is 0 Å². The van der Waals surface area contributed by atoms with Gasteiger partial charge in [-0.2, -0.15) is 0 Å². The first-order valence-corrected chi connectivity index (χ1v) is 8.15. The summed E-state index contributed by atoms with van der Waals surface area (Å²) in [6, 6.07) is 0. The van der Waals surface area contributed by atoms with E-state index in [0.29, 0.717) is 0 Å². The van der Waals surface area contributed by atoms with Crippen molar-refractivity contribution in [3.8, 4) is 0 Å². The van der Waals surface area contributed by atoms with E-state index >= 15 is 0 Å². The summed E-state index contributed by atoms with van der Waals surface area (Å²) in [5, 5.41) is 0. The van der Waals surface area contributed by atoms with Crippen LogP contribution in [0, 0.1) is 47.3 Å². The zero-order chi connectivity index (χ0) is 11.7. The van der Waals surface area contributed by atoms with Gasteiger partial charge in [0.05, 0.1) is 0 Å². The molecule has 0 aromatic heterocycles. The Bertz CT molecular complexity index is 325. The smallest absolute Gasteiger partial charge is 0.0636 e. The van der Waals surface area contributed by atoms with E-state index in [1.807, 2.05) is 0 Å². The average molecular weight is 230 g/mol. The Morgan fingerprint density at radius 1 is 0.765 bits per heavy atom. The number of rotatable bonds is 0. The number of fused-ring (bicyclic) bond motifs is 2. The molecule has 0 nitrogen and oxygen atoms in total. The van der Waals surface area contributed by atoms with Crippen LogP contribution < -0.4 is 0 Å². The van der Waals surface area contributed by atoms with Crippen LogP contribution in [-0.4, -0.2) is 7.85 Å². The van der Waals surface area contributed by atoms with Gasteiger partial charge in [0.1, 0.15) is 7.85 Å². The van der Waals surface area contributed by atoms with Crippen LogP contribution in [-0.2, 0) is 0 Å². The third-order valence-electron chi connectivity index (χ3n) is 7.50. The lowest BCUT2D eigenvalue weighted by molar-refractivity contribution is -0.105. The van der Waals surface area contributed by atoms with Crippen molar-refractivity contribution in [1.29, 1.82) is 0 Å². The van der Waals surface area contributed by atoms with E-state index in [0.717, 1.165) is 53.2 Å². The molecule has 1 heteroatoms. The van der Waals surface area contributed by atoms with E-state index in [2.05, 4.69) is 21.7 Å². The fourth-order valence-electron chi connectivity index (χ4n) is 7.03. The Morgan fingerprint density at radius 2 is 1.53 bits per heavy atom. The average Bonchev–Trinajstić information content (AvgIpc) is 2.29. The van der Waals surface area contributed by atoms with Crippen LogP contribution in [0.1, 0.15) is 46.0 Å². The molecule has 9 atom stereocenters. The predicted molar refractivity (Wildman–Crippen MR) is 74.6 cm³/mol. The van der Waals surface area contributed by atoms with Crippen molar-refractivity contribution in [1.82, 2.24) is 0 Å². The molecule has 4 fully saturated rings. The quantitative estimate of drug-likeness (QED) is 0.559. The zero-order valence-electron chi connectivity index (χ0n) is 11.7. The summed E-state index contributed by atoms with van der Waals surface area (Å²) in [5.74, 6) is 9.81. The highest BCUT2D eigenvalue weighted by Crippen LogP contribution is 2.65. The van der Waals surface area contributed by atoms with Gasteiger partial charge in [-0.15, -0.1) is 0 Å². The van der Waals surface area contributed by atoms with E-state index in [4.69, 9.17) is 0 Å². The molecule has 4 rings (SSSR count). The van der Waals surface area contributed by atoms with Crippen LogP contribution in [0.25, 0.3) is 0 Å². The predicted octanol–water partition coefficient (Wildman–Crippen LogP) is 3.38. The molecule has 0 aromatic rings. The molecule has 94 valence electrons. The number of hydrogen-bond donors (Lipinski definition) is 0. The molecule has 0 spiro atoms. The number of hydrogen-bond acceptors (Lipinski definition) is 0. The molecule has 4 bridgehead atoms. The SMILES string of the molecule is BC1C2CC(C)C3CC4CC(C)C1C(C4)C3C2. The maximum absolute atomic E-state index is 2.60. The lowest BCUT2D eigenvalue weighted by Gasteiger charge is -2.63. The fraction of sp³-hybridized carbons (Fsp3) is 1.00. The maximum atomic E-state index is 2.60. The van der Waals surface area contributed by atoms with Gasteiger partial charge in [0.15, 0.2) is 0 Å². The second-order valence-corrected chi connectivity index (χ2v) is 8.19. The van der Waals surface area contributed by atoms with Crippen molar-refractivity contribution in [2.24, 2.45) is 47.3 Å². The van der Waals surface area contributed by atoms with Crippen LogP contribution in [0.4, 0.5) is 0 Å². The van der Waals surface area contributed by atoms with E-state index < -0.39 is 0 Å². The molecule has 17 heavy (non-hydrogen) atoms. The van der Waals surface area contributed by atoms with Crippen LogP contribution in [0.2, 0.25) is 5.82 Å².